The summed E-state index contributed by atoms with van der Waals surface area (Å²) < 4.78 is 25.2. The SMILES string of the molecule is CS(=O)(=O)Nc1ccc2c(c1)CNCC2c1ccc(O)c(O)c1.Cl. The highest BCUT2D eigenvalue weighted by atomic mass is 35.5. The third-order valence-corrected chi connectivity index (χ3v) is 4.49. The van der Waals surface area contributed by atoms with Gasteiger partial charge in [0.25, 0.3) is 0 Å². The van der Waals surface area contributed by atoms with E-state index in [1.54, 1.807) is 18.2 Å². The van der Waals surface area contributed by atoms with Crippen LogP contribution in [0.3, 0.4) is 0 Å². The molecule has 8 heteroatoms. The molecule has 0 aliphatic carbocycles. The highest BCUT2D eigenvalue weighted by Crippen LogP contribution is 2.35. The van der Waals surface area contributed by atoms with Crippen molar-refractivity contribution < 1.29 is 18.6 Å². The lowest BCUT2D eigenvalue weighted by atomic mass is 9.85. The van der Waals surface area contributed by atoms with Crippen LogP contribution < -0.4 is 10.0 Å². The van der Waals surface area contributed by atoms with Crippen LogP contribution in [0.1, 0.15) is 22.6 Å². The van der Waals surface area contributed by atoms with Gasteiger partial charge in [0.15, 0.2) is 11.5 Å². The van der Waals surface area contributed by atoms with Crippen molar-refractivity contribution >= 4 is 28.1 Å². The van der Waals surface area contributed by atoms with E-state index in [-0.39, 0.29) is 29.8 Å². The Balaban J connectivity index is 0.00000208. The number of hydrogen-bond donors (Lipinski definition) is 4. The maximum Gasteiger partial charge on any atom is 0.229 e. The van der Waals surface area contributed by atoms with E-state index in [1.165, 1.54) is 6.07 Å². The number of benzene rings is 2. The fourth-order valence-corrected chi connectivity index (χ4v) is 3.45. The molecule has 1 unspecified atom stereocenters. The number of anilines is 1. The largest absolute Gasteiger partial charge is 0.504 e. The Hall–Kier alpha value is -1.96. The number of phenolic OH excluding ortho intramolecular Hbond substituents is 2. The van der Waals surface area contributed by atoms with E-state index in [9.17, 15) is 18.6 Å². The van der Waals surface area contributed by atoms with Crippen molar-refractivity contribution in [2.75, 3.05) is 17.5 Å². The van der Waals surface area contributed by atoms with E-state index in [4.69, 9.17) is 0 Å². The predicted octanol–water partition coefficient (Wildman–Crippen LogP) is 2.13. The zero-order chi connectivity index (χ0) is 16.6. The van der Waals surface area contributed by atoms with E-state index in [0.717, 1.165) is 22.9 Å². The normalized spacial score (nSPS) is 16.8. The van der Waals surface area contributed by atoms with Gasteiger partial charge in [-0.1, -0.05) is 12.1 Å². The Morgan fingerprint density at radius 1 is 1.12 bits per heavy atom. The van der Waals surface area contributed by atoms with Gasteiger partial charge in [0.2, 0.25) is 10.0 Å². The second-order valence-electron chi connectivity index (χ2n) is 5.72. The first-order chi connectivity index (χ1) is 10.8. The van der Waals surface area contributed by atoms with Gasteiger partial charge in [-0.15, -0.1) is 12.4 Å². The molecular weight excluding hydrogens is 352 g/mol. The molecule has 1 atom stereocenters. The molecule has 0 fully saturated rings. The maximum absolute atomic E-state index is 11.3. The molecule has 1 aliphatic rings. The van der Waals surface area contributed by atoms with Crippen molar-refractivity contribution in [1.29, 1.82) is 0 Å². The molecule has 2 aromatic rings. The van der Waals surface area contributed by atoms with Crippen LogP contribution in [0.4, 0.5) is 5.69 Å². The van der Waals surface area contributed by atoms with Crippen LogP contribution in [0, 0.1) is 0 Å². The lowest BCUT2D eigenvalue weighted by Crippen LogP contribution is -2.29. The monoisotopic (exact) mass is 370 g/mol. The number of aromatic hydroxyl groups is 2. The fourth-order valence-electron chi connectivity index (χ4n) is 2.89. The third kappa shape index (κ3) is 3.92. The zero-order valence-corrected chi connectivity index (χ0v) is 14.6. The molecule has 1 heterocycles. The molecular formula is C16H19ClN2O4S. The minimum Gasteiger partial charge on any atom is -0.504 e. The molecule has 1 aliphatic heterocycles. The molecule has 0 saturated heterocycles. The van der Waals surface area contributed by atoms with Crippen LogP contribution in [0.5, 0.6) is 11.5 Å². The molecule has 4 N–H and O–H groups in total. The van der Waals surface area contributed by atoms with Crippen molar-refractivity contribution in [3.63, 3.8) is 0 Å². The van der Waals surface area contributed by atoms with Gasteiger partial charge in [-0.05, 0) is 41.0 Å². The molecule has 24 heavy (non-hydrogen) atoms. The van der Waals surface area contributed by atoms with Gasteiger partial charge in [0.05, 0.1) is 6.26 Å². The molecule has 0 saturated carbocycles. The van der Waals surface area contributed by atoms with E-state index in [2.05, 4.69) is 10.0 Å². The summed E-state index contributed by atoms with van der Waals surface area (Å²) in [5, 5.41) is 22.4. The Morgan fingerprint density at radius 2 is 1.88 bits per heavy atom. The lowest BCUT2D eigenvalue weighted by molar-refractivity contribution is 0.402. The van der Waals surface area contributed by atoms with Crippen LogP contribution in [0.2, 0.25) is 0 Å². The molecule has 130 valence electrons. The smallest absolute Gasteiger partial charge is 0.229 e. The van der Waals surface area contributed by atoms with E-state index in [1.807, 2.05) is 12.1 Å². The minimum absolute atomic E-state index is 0. The van der Waals surface area contributed by atoms with E-state index in [0.29, 0.717) is 18.8 Å². The predicted molar refractivity (Wildman–Crippen MR) is 95.5 cm³/mol. The number of phenols is 2. The summed E-state index contributed by atoms with van der Waals surface area (Å²) in [7, 11) is -3.31. The second kappa shape index (κ2) is 6.88. The molecule has 0 bridgehead atoms. The van der Waals surface area contributed by atoms with Crippen LogP contribution in [-0.4, -0.2) is 31.4 Å². The fraction of sp³-hybridized carbons (Fsp3) is 0.250. The number of nitrogens with one attached hydrogen (secondary N) is 2. The highest BCUT2D eigenvalue weighted by Gasteiger charge is 2.22. The van der Waals surface area contributed by atoms with E-state index < -0.39 is 10.0 Å². The van der Waals surface area contributed by atoms with Gasteiger partial charge in [-0.25, -0.2) is 8.42 Å². The Kier molecular flexibility index (Phi) is 5.27. The average Bonchev–Trinajstić information content (AvgIpc) is 2.47. The molecule has 0 amide bonds. The topological polar surface area (TPSA) is 98.7 Å². The van der Waals surface area contributed by atoms with E-state index >= 15 is 0 Å². The number of halogens is 1. The van der Waals surface area contributed by atoms with Crippen LogP contribution in [0.15, 0.2) is 36.4 Å². The number of hydrogen-bond acceptors (Lipinski definition) is 5. The number of sulfonamides is 1. The Labute approximate surface area is 147 Å². The van der Waals surface area contributed by atoms with Gasteiger partial charge >= 0.3 is 0 Å². The standard InChI is InChI=1S/C16H18N2O4S.ClH/c1-23(21,22)18-12-3-4-13-11(6-12)8-17-9-14(13)10-2-5-15(19)16(20)7-10;/h2-7,14,17-20H,8-9H2,1H3;1H. The van der Waals surface area contributed by atoms with Crippen molar-refractivity contribution in [2.45, 2.75) is 12.5 Å². The van der Waals surface area contributed by atoms with Crippen molar-refractivity contribution in [2.24, 2.45) is 0 Å². The molecule has 0 aromatic heterocycles. The summed E-state index contributed by atoms with van der Waals surface area (Å²) in [6, 6.07) is 10.3. The molecule has 6 nitrogen and oxygen atoms in total. The average molecular weight is 371 g/mol. The first-order valence-corrected chi connectivity index (χ1v) is 9.06. The highest BCUT2D eigenvalue weighted by molar-refractivity contribution is 7.92. The number of rotatable bonds is 3. The Bertz CT molecular complexity index is 855. The first kappa shape index (κ1) is 18.4. The van der Waals surface area contributed by atoms with Gasteiger partial charge in [0.1, 0.15) is 0 Å². The van der Waals surface area contributed by atoms with Gasteiger partial charge in [0, 0.05) is 24.7 Å². The van der Waals surface area contributed by atoms with Gasteiger partial charge in [-0.3, -0.25) is 4.72 Å². The van der Waals surface area contributed by atoms with Crippen LogP contribution >= 0.6 is 12.4 Å². The van der Waals surface area contributed by atoms with Crippen molar-refractivity contribution in [3.05, 3.63) is 53.1 Å². The third-order valence-electron chi connectivity index (χ3n) is 3.89. The van der Waals surface area contributed by atoms with Gasteiger partial charge in [-0.2, -0.15) is 0 Å². The van der Waals surface area contributed by atoms with Crippen molar-refractivity contribution in [3.8, 4) is 11.5 Å². The summed E-state index contributed by atoms with van der Waals surface area (Å²) >= 11 is 0. The van der Waals surface area contributed by atoms with Crippen molar-refractivity contribution in [1.82, 2.24) is 5.32 Å². The van der Waals surface area contributed by atoms with Crippen LogP contribution in [0.25, 0.3) is 0 Å². The molecule has 3 rings (SSSR count). The first-order valence-electron chi connectivity index (χ1n) is 7.17. The molecule has 2 aromatic carbocycles. The summed E-state index contributed by atoms with van der Waals surface area (Å²) in [4.78, 5) is 0. The quantitative estimate of drug-likeness (QED) is 0.620. The minimum atomic E-state index is -3.31. The summed E-state index contributed by atoms with van der Waals surface area (Å²) in [6.07, 6.45) is 1.12. The number of fused-ring (bicyclic) bond motifs is 1. The molecule has 0 radical (unpaired) electrons. The van der Waals surface area contributed by atoms with Crippen LogP contribution in [-0.2, 0) is 16.6 Å². The lowest BCUT2D eigenvalue weighted by Gasteiger charge is -2.27. The summed E-state index contributed by atoms with van der Waals surface area (Å²) in [6.45, 7) is 1.35. The summed E-state index contributed by atoms with van der Waals surface area (Å²) in [5.41, 5.74) is 3.50. The zero-order valence-electron chi connectivity index (χ0n) is 13.0. The molecule has 0 spiro atoms. The maximum atomic E-state index is 11.3. The summed E-state index contributed by atoms with van der Waals surface area (Å²) in [5.74, 6) is -0.270. The second-order valence-corrected chi connectivity index (χ2v) is 7.47. The van der Waals surface area contributed by atoms with Gasteiger partial charge < -0.3 is 15.5 Å². The Morgan fingerprint density at radius 3 is 2.54 bits per heavy atom.